The molecule has 5 rings (SSSR count). The van der Waals surface area contributed by atoms with Crippen LogP contribution in [0.25, 0.3) is 15.9 Å². The number of hydrogen-bond donors (Lipinski definition) is 0. The SMILES string of the molecule is CCCCCn1c(SCc2cc(=O)n3ccc(C)cc3n2)nc2sc3c(c2c1=O)CCC3. The van der Waals surface area contributed by atoms with E-state index < -0.39 is 0 Å². The maximum absolute atomic E-state index is 13.5. The number of nitrogens with zero attached hydrogens (tertiary/aromatic N) is 4. The van der Waals surface area contributed by atoms with Crippen molar-refractivity contribution in [3.63, 3.8) is 0 Å². The van der Waals surface area contributed by atoms with Crippen molar-refractivity contribution in [1.29, 1.82) is 0 Å². The molecule has 32 heavy (non-hydrogen) atoms. The minimum absolute atomic E-state index is 0.0927. The summed E-state index contributed by atoms with van der Waals surface area (Å²) in [6.07, 6.45) is 8.07. The Morgan fingerprint density at radius 1 is 1.16 bits per heavy atom. The van der Waals surface area contributed by atoms with Gasteiger partial charge in [0.2, 0.25) is 0 Å². The summed E-state index contributed by atoms with van der Waals surface area (Å²) in [7, 11) is 0. The van der Waals surface area contributed by atoms with Gasteiger partial charge < -0.3 is 0 Å². The van der Waals surface area contributed by atoms with E-state index in [2.05, 4.69) is 11.9 Å². The number of hydrogen-bond acceptors (Lipinski definition) is 6. The summed E-state index contributed by atoms with van der Waals surface area (Å²) >= 11 is 3.17. The molecule has 0 fully saturated rings. The lowest BCUT2D eigenvalue weighted by atomic mass is 10.2. The van der Waals surface area contributed by atoms with E-state index in [0.29, 0.717) is 23.6 Å². The molecule has 0 amide bonds. The highest BCUT2D eigenvalue weighted by molar-refractivity contribution is 7.98. The Morgan fingerprint density at radius 3 is 2.88 bits per heavy atom. The van der Waals surface area contributed by atoms with Gasteiger partial charge in [-0.05, 0) is 55.9 Å². The second kappa shape index (κ2) is 8.83. The first kappa shape index (κ1) is 21.4. The normalized spacial score (nSPS) is 13.3. The van der Waals surface area contributed by atoms with Gasteiger partial charge in [-0.3, -0.25) is 18.6 Å². The van der Waals surface area contributed by atoms with E-state index in [-0.39, 0.29) is 11.1 Å². The fourth-order valence-corrected chi connectivity index (χ4v) is 6.57. The van der Waals surface area contributed by atoms with Gasteiger partial charge in [-0.2, -0.15) is 0 Å². The summed E-state index contributed by atoms with van der Waals surface area (Å²) in [5.41, 5.74) is 3.63. The molecule has 0 radical (unpaired) electrons. The van der Waals surface area contributed by atoms with Gasteiger partial charge in [-0.1, -0.05) is 31.5 Å². The number of pyridine rings is 1. The van der Waals surface area contributed by atoms with Crippen LogP contribution in [0.4, 0.5) is 0 Å². The Morgan fingerprint density at radius 2 is 2.03 bits per heavy atom. The number of aromatic nitrogens is 4. The van der Waals surface area contributed by atoms with Crippen LogP contribution in [0.15, 0.2) is 39.1 Å². The predicted molar refractivity (Wildman–Crippen MR) is 131 cm³/mol. The molecule has 0 bridgehead atoms. The van der Waals surface area contributed by atoms with E-state index in [1.807, 2.05) is 23.6 Å². The Balaban J connectivity index is 1.52. The van der Waals surface area contributed by atoms with E-state index in [9.17, 15) is 9.59 Å². The molecule has 0 saturated heterocycles. The molecule has 0 spiro atoms. The van der Waals surface area contributed by atoms with E-state index in [1.165, 1.54) is 22.2 Å². The molecule has 166 valence electrons. The number of thioether (sulfide) groups is 1. The van der Waals surface area contributed by atoms with Crippen LogP contribution in [0.5, 0.6) is 0 Å². The fraction of sp³-hybridized carbons (Fsp3) is 0.417. The first-order valence-electron chi connectivity index (χ1n) is 11.2. The average Bonchev–Trinajstić information content (AvgIpc) is 3.34. The minimum Gasteiger partial charge on any atom is -0.287 e. The molecule has 4 aromatic heterocycles. The van der Waals surface area contributed by atoms with Crippen molar-refractivity contribution in [1.82, 2.24) is 18.9 Å². The van der Waals surface area contributed by atoms with Crippen LogP contribution in [0.2, 0.25) is 0 Å². The first-order valence-corrected chi connectivity index (χ1v) is 13.0. The standard InChI is InChI=1S/C24H26N4O2S2/c1-3-4-5-10-28-23(30)21-17-7-6-8-18(17)32-22(21)26-24(28)31-14-16-13-20(29)27-11-9-15(2)12-19(27)25-16/h9,11-13H,3-8,10,14H2,1-2H3. The Labute approximate surface area is 194 Å². The monoisotopic (exact) mass is 466 g/mol. The van der Waals surface area contributed by atoms with Gasteiger partial charge in [0.05, 0.1) is 11.1 Å². The van der Waals surface area contributed by atoms with Gasteiger partial charge >= 0.3 is 0 Å². The zero-order valence-corrected chi connectivity index (χ0v) is 20.0. The third kappa shape index (κ3) is 3.90. The van der Waals surface area contributed by atoms with Crippen molar-refractivity contribution >= 4 is 39.0 Å². The summed E-state index contributed by atoms with van der Waals surface area (Å²) < 4.78 is 3.41. The molecule has 0 unspecified atom stereocenters. The van der Waals surface area contributed by atoms with Crippen molar-refractivity contribution in [2.45, 2.75) is 69.8 Å². The summed E-state index contributed by atoms with van der Waals surface area (Å²) in [6.45, 7) is 4.83. The second-order valence-electron chi connectivity index (χ2n) is 8.40. The van der Waals surface area contributed by atoms with Crippen molar-refractivity contribution in [3.05, 3.63) is 66.8 Å². The van der Waals surface area contributed by atoms with Gasteiger partial charge in [-0.25, -0.2) is 9.97 Å². The molecule has 4 heterocycles. The first-order chi connectivity index (χ1) is 15.5. The van der Waals surface area contributed by atoms with Crippen molar-refractivity contribution in [2.75, 3.05) is 0 Å². The van der Waals surface area contributed by atoms with Crippen LogP contribution in [0.3, 0.4) is 0 Å². The molecule has 0 saturated carbocycles. The zero-order valence-electron chi connectivity index (χ0n) is 18.4. The van der Waals surface area contributed by atoms with E-state index >= 15 is 0 Å². The van der Waals surface area contributed by atoms with Crippen LogP contribution in [-0.2, 0) is 25.1 Å². The summed E-state index contributed by atoms with van der Waals surface area (Å²) in [4.78, 5) is 37.8. The minimum atomic E-state index is -0.0935. The topological polar surface area (TPSA) is 69.3 Å². The molecule has 1 aliphatic rings. The Kier molecular flexibility index (Phi) is 5.90. The molecule has 1 aliphatic carbocycles. The molecule has 0 aromatic carbocycles. The highest BCUT2D eigenvalue weighted by Crippen LogP contribution is 2.36. The van der Waals surface area contributed by atoms with E-state index in [1.54, 1.807) is 28.0 Å². The Hall–Kier alpha value is -2.45. The lowest BCUT2D eigenvalue weighted by molar-refractivity contribution is 0.542. The fourth-order valence-electron chi connectivity index (χ4n) is 4.35. The molecule has 6 nitrogen and oxygen atoms in total. The number of fused-ring (bicyclic) bond motifs is 4. The molecule has 0 aliphatic heterocycles. The quantitative estimate of drug-likeness (QED) is 0.223. The van der Waals surface area contributed by atoms with Crippen molar-refractivity contribution in [2.24, 2.45) is 0 Å². The molecule has 8 heteroatoms. The average molecular weight is 467 g/mol. The van der Waals surface area contributed by atoms with Crippen LogP contribution in [0, 0.1) is 6.92 Å². The molecule has 0 atom stereocenters. The lowest BCUT2D eigenvalue weighted by Gasteiger charge is -2.12. The van der Waals surface area contributed by atoms with Crippen LogP contribution >= 0.6 is 23.1 Å². The smallest absolute Gasteiger partial charge is 0.263 e. The maximum Gasteiger partial charge on any atom is 0.263 e. The van der Waals surface area contributed by atoms with Gasteiger partial charge in [0, 0.05) is 29.4 Å². The molecular weight excluding hydrogens is 440 g/mol. The Bertz CT molecular complexity index is 1430. The third-order valence-electron chi connectivity index (χ3n) is 6.00. The third-order valence-corrected chi connectivity index (χ3v) is 8.20. The van der Waals surface area contributed by atoms with Crippen LogP contribution in [-0.4, -0.2) is 18.9 Å². The summed E-state index contributed by atoms with van der Waals surface area (Å²) in [5.74, 6) is 0.497. The largest absolute Gasteiger partial charge is 0.287 e. The zero-order chi connectivity index (χ0) is 22.2. The highest BCUT2D eigenvalue weighted by Gasteiger charge is 2.23. The predicted octanol–water partition coefficient (Wildman–Crippen LogP) is 4.75. The second-order valence-corrected chi connectivity index (χ2v) is 10.4. The number of rotatable bonds is 7. The summed E-state index contributed by atoms with van der Waals surface area (Å²) in [6, 6.07) is 5.39. The maximum atomic E-state index is 13.5. The molecular formula is C24H26N4O2S2. The number of aryl methyl sites for hydroxylation is 3. The highest BCUT2D eigenvalue weighted by atomic mass is 32.2. The molecule has 0 N–H and O–H groups in total. The number of unbranched alkanes of at least 4 members (excludes halogenated alkanes) is 2. The number of thiophene rings is 1. The van der Waals surface area contributed by atoms with Crippen molar-refractivity contribution < 1.29 is 0 Å². The van der Waals surface area contributed by atoms with Gasteiger partial charge in [0.15, 0.2) is 5.16 Å². The van der Waals surface area contributed by atoms with Gasteiger partial charge in [0.1, 0.15) is 10.5 Å². The van der Waals surface area contributed by atoms with Crippen LogP contribution in [0.1, 0.15) is 54.3 Å². The molecule has 4 aromatic rings. The van der Waals surface area contributed by atoms with Crippen molar-refractivity contribution in [3.8, 4) is 0 Å². The van der Waals surface area contributed by atoms with E-state index in [0.717, 1.165) is 59.5 Å². The lowest BCUT2D eigenvalue weighted by Crippen LogP contribution is -2.23. The summed E-state index contributed by atoms with van der Waals surface area (Å²) in [5, 5.41) is 1.56. The van der Waals surface area contributed by atoms with E-state index in [4.69, 9.17) is 4.98 Å². The van der Waals surface area contributed by atoms with Gasteiger partial charge in [-0.15, -0.1) is 11.3 Å². The van der Waals surface area contributed by atoms with Crippen LogP contribution < -0.4 is 11.1 Å². The van der Waals surface area contributed by atoms with Gasteiger partial charge in [0.25, 0.3) is 11.1 Å².